The Labute approximate surface area is 135 Å². The summed E-state index contributed by atoms with van der Waals surface area (Å²) in [5, 5.41) is 11.5. The standard InChI is InChI=1S/C18H21NO4/c1-13-3-5-16(6-4-13)23-17-9-7-15(8-10-17)22-12-18(21)19-14(2)11-20/h3-10,14,20H,11-12H2,1-2H3,(H,19,21). The van der Waals surface area contributed by atoms with Crippen molar-refractivity contribution in [2.24, 2.45) is 0 Å². The van der Waals surface area contributed by atoms with Gasteiger partial charge in [0.15, 0.2) is 6.61 Å². The maximum atomic E-state index is 11.5. The van der Waals surface area contributed by atoms with Crippen LogP contribution in [-0.2, 0) is 4.79 Å². The molecule has 0 heterocycles. The van der Waals surface area contributed by atoms with E-state index in [9.17, 15) is 4.79 Å². The van der Waals surface area contributed by atoms with E-state index >= 15 is 0 Å². The molecule has 0 bridgehead atoms. The van der Waals surface area contributed by atoms with Crippen LogP contribution in [0.15, 0.2) is 48.5 Å². The predicted octanol–water partition coefficient (Wildman–Crippen LogP) is 2.66. The second-order valence-electron chi connectivity index (χ2n) is 5.33. The fourth-order valence-corrected chi connectivity index (χ4v) is 1.86. The molecule has 0 radical (unpaired) electrons. The van der Waals surface area contributed by atoms with Gasteiger partial charge >= 0.3 is 0 Å². The zero-order valence-electron chi connectivity index (χ0n) is 13.3. The maximum absolute atomic E-state index is 11.5. The lowest BCUT2D eigenvalue weighted by Crippen LogP contribution is -2.38. The van der Waals surface area contributed by atoms with E-state index in [0.29, 0.717) is 11.5 Å². The third-order valence-electron chi connectivity index (χ3n) is 3.13. The van der Waals surface area contributed by atoms with Crippen LogP contribution in [0.25, 0.3) is 0 Å². The van der Waals surface area contributed by atoms with Crippen molar-refractivity contribution >= 4 is 5.91 Å². The first-order valence-corrected chi connectivity index (χ1v) is 7.44. The summed E-state index contributed by atoms with van der Waals surface area (Å²) < 4.78 is 11.1. The Bertz CT molecular complexity index is 622. The average molecular weight is 315 g/mol. The summed E-state index contributed by atoms with van der Waals surface area (Å²) in [7, 11) is 0. The molecule has 2 aromatic carbocycles. The molecule has 0 fully saturated rings. The zero-order valence-corrected chi connectivity index (χ0v) is 13.3. The molecule has 5 nitrogen and oxygen atoms in total. The van der Waals surface area contributed by atoms with Gasteiger partial charge in [-0.05, 0) is 50.2 Å². The van der Waals surface area contributed by atoms with Crippen LogP contribution in [0.5, 0.6) is 17.2 Å². The molecule has 5 heteroatoms. The van der Waals surface area contributed by atoms with Gasteiger partial charge < -0.3 is 19.9 Å². The Balaban J connectivity index is 1.84. The number of benzene rings is 2. The van der Waals surface area contributed by atoms with E-state index in [4.69, 9.17) is 14.6 Å². The molecule has 0 aliphatic carbocycles. The van der Waals surface area contributed by atoms with E-state index in [-0.39, 0.29) is 25.2 Å². The number of aryl methyl sites for hydroxylation is 1. The highest BCUT2D eigenvalue weighted by Crippen LogP contribution is 2.24. The van der Waals surface area contributed by atoms with Crippen LogP contribution in [0.4, 0.5) is 0 Å². The molecule has 0 spiro atoms. The molecule has 122 valence electrons. The summed E-state index contributed by atoms with van der Waals surface area (Å²) in [5.74, 6) is 1.76. The van der Waals surface area contributed by atoms with Crippen LogP contribution in [0, 0.1) is 6.92 Å². The van der Waals surface area contributed by atoms with Crippen LogP contribution in [0.2, 0.25) is 0 Å². The van der Waals surface area contributed by atoms with Gasteiger partial charge in [-0.3, -0.25) is 4.79 Å². The van der Waals surface area contributed by atoms with Crippen LogP contribution in [-0.4, -0.2) is 30.3 Å². The Morgan fingerprint density at radius 1 is 1.04 bits per heavy atom. The van der Waals surface area contributed by atoms with Gasteiger partial charge in [0.2, 0.25) is 0 Å². The molecule has 1 unspecified atom stereocenters. The van der Waals surface area contributed by atoms with Crippen molar-refractivity contribution in [3.63, 3.8) is 0 Å². The molecule has 1 amide bonds. The fraction of sp³-hybridized carbons (Fsp3) is 0.278. The van der Waals surface area contributed by atoms with Crippen molar-refractivity contribution in [1.29, 1.82) is 0 Å². The summed E-state index contributed by atoms with van der Waals surface area (Å²) in [4.78, 5) is 11.5. The van der Waals surface area contributed by atoms with Gasteiger partial charge in [-0.2, -0.15) is 0 Å². The van der Waals surface area contributed by atoms with Crippen LogP contribution in [0.1, 0.15) is 12.5 Å². The molecular weight excluding hydrogens is 294 g/mol. The SMILES string of the molecule is Cc1ccc(Oc2ccc(OCC(=O)NC(C)CO)cc2)cc1. The van der Waals surface area contributed by atoms with Gasteiger partial charge in [-0.15, -0.1) is 0 Å². The van der Waals surface area contributed by atoms with Crippen molar-refractivity contribution in [1.82, 2.24) is 5.32 Å². The van der Waals surface area contributed by atoms with E-state index in [1.54, 1.807) is 31.2 Å². The van der Waals surface area contributed by atoms with Gasteiger partial charge in [0.1, 0.15) is 17.2 Å². The fourth-order valence-electron chi connectivity index (χ4n) is 1.86. The molecule has 2 rings (SSSR count). The number of rotatable bonds is 7. The molecule has 0 aliphatic rings. The number of amides is 1. The highest BCUT2D eigenvalue weighted by molar-refractivity contribution is 5.77. The van der Waals surface area contributed by atoms with Crippen molar-refractivity contribution < 1.29 is 19.4 Å². The second-order valence-corrected chi connectivity index (χ2v) is 5.33. The van der Waals surface area contributed by atoms with Crippen molar-refractivity contribution in [2.45, 2.75) is 19.9 Å². The molecule has 0 aliphatic heterocycles. The number of carbonyl (C=O) groups is 1. The summed E-state index contributed by atoms with van der Waals surface area (Å²) >= 11 is 0. The van der Waals surface area contributed by atoms with Gasteiger partial charge in [-0.25, -0.2) is 0 Å². The third kappa shape index (κ3) is 5.64. The smallest absolute Gasteiger partial charge is 0.258 e. The van der Waals surface area contributed by atoms with E-state index in [1.165, 1.54) is 5.56 Å². The molecule has 0 saturated carbocycles. The largest absolute Gasteiger partial charge is 0.484 e. The first-order chi connectivity index (χ1) is 11.1. The Morgan fingerprint density at radius 3 is 2.13 bits per heavy atom. The summed E-state index contributed by atoms with van der Waals surface area (Å²) in [5.41, 5.74) is 1.18. The number of aliphatic hydroxyl groups is 1. The minimum absolute atomic E-state index is 0.0947. The molecule has 0 aromatic heterocycles. The first-order valence-electron chi connectivity index (χ1n) is 7.44. The Hall–Kier alpha value is -2.53. The van der Waals surface area contributed by atoms with Gasteiger partial charge in [-0.1, -0.05) is 17.7 Å². The average Bonchev–Trinajstić information content (AvgIpc) is 2.56. The highest BCUT2D eigenvalue weighted by atomic mass is 16.5. The quantitative estimate of drug-likeness (QED) is 0.824. The van der Waals surface area contributed by atoms with Gasteiger partial charge in [0.05, 0.1) is 6.61 Å². The number of carbonyl (C=O) groups excluding carboxylic acids is 1. The maximum Gasteiger partial charge on any atom is 0.258 e. The summed E-state index contributed by atoms with van der Waals surface area (Å²) in [6.45, 7) is 3.54. The van der Waals surface area contributed by atoms with Crippen molar-refractivity contribution in [3.05, 3.63) is 54.1 Å². The lowest BCUT2D eigenvalue weighted by atomic mass is 10.2. The minimum Gasteiger partial charge on any atom is -0.484 e. The first kappa shape index (κ1) is 16.8. The normalized spacial score (nSPS) is 11.6. The Kier molecular flexibility index (Phi) is 6.00. The van der Waals surface area contributed by atoms with Crippen molar-refractivity contribution in [3.8, 4) is 17.2 Å². The lowest BCUT2D eigenvalue weighted by Gasteiger charge is -2.12. The lowest BCUT2D eigenvalue weighted by molar-refractivity contribution is -0.123. The Morgan fingerprint density at radius 2 is 1.57 bits per heavy atom. The van der Waals surface area contributed by atoms with Crippen LogP contribution in [0.3, 0.4) is 0 Å². The predicted molar refractivity (Wildman–Crippen MR) is 87.9 cm³/mol. The van der Waals surface area contributed by atoms with E-state index in [2.05, 4.69) is 5.32 Å². The summed E-state index contributed by atoms with van der Waals surface area (Å²) in [6.07, 6.45) is 0. The van der Waals surface area contributed by atoms with Crippen LogP contribution < -0.4 is 14.8 Å². The number of nitrogens with one attached hydrogen (secondary N) is 1. The van der Waals surface area contributed by atoms with Crippen molar-refractivity contribution in [2.75, 3.05) is 13.2 Å². The minimum atomic E-state index is -0.281. The van der Waals surface area contributed by atoms with Gasteiger partial charge in [0.25, 0.3) is 5.91 Å². The monoisotopic (exact) mass is 315 g/mol. The highest BCUT2D eigenvalue weighted by Gasteiger charge is 2.07. The summed E-state index contributed by atoms with van der Waals surface area (Å²) in [6, 6.07) is 14.6. The molecule has 23 heavy (non-hydrogen) atoms. The van der Waals surface area contributed by atoms with E-state index < -0.39 is 0 Å². The number of ether oxygens (including phenoxy) is 2. The topological polar surface area (TPSA) is 67.8 Å². The molecule has 1 atom stereocenters. The third-order valence-corrected chi connectivity index (χ3v) is 3.13. The van der Waals surface area contributed by atoms with Crippen LogP contribution >= 0.6 is 0 Å². The molecule has 2 aromatic rings. The second kappa shape index (κ2) is 8.19. The van der Waals surface area contributed by atoms with E-state index in [0.717, 1.165) is 5.75 Å². The number of hydrogen-bond acceptors (Lipinski definition) is 4. The zero-order chi connectivity index (χ0) is 16.7. The molecule has 2 N–H and O–H groups in total. The number of aliphatic hydroxyl groups excluding tert-OH is 1. The molecular formula is C18H21NO4. The molecule has 0 saturated heterocycles. The van der Waals surface area contributed by atoms with E-state index in [1.807, 2.05) is 31.2 Å². The number of hydrogen-bond donors (Lipinski definition) is 2. The van der Waals surface area contributed by atoms with Gasteiger partial charge in [0, 0.05) is 6.04 Å².